The van der Waals surface area contributed by atoms with Crippen LogP contribution in [0.25, 0.3) is 10.2 Å². The number of amides is 2. The molecule has 0 saturated heterocycles. The quantitative estimate of drug-likeness (QED) is 0.282. The lowest BCUT2D eigenvalue weighted by Crippen LogP contribution is -2.14. The van der Waals surface area contributed by atoms with Gasteiger partial charge in [-0.1, -0.05) is 46.7 Å². The van der Waals surface area contributed by atoms with E-state index in [4.69, 9.17) is 23.2 Å². The van der Waals surface area contributed by atoms with Crippen LogP contribution in [0.1, 0.15) is 15.9 Å². The standard InChI is InChI=1S/C23H17Cl2N3O2S2/c1-13-5-8-19-20(9-13)32-23(27-19)28-21(29)12-31-16-4-2-3-15(11-16)26-22(30)17-7-6-14(24)10-18(17)25/h2-11H,12H2,1H3,(H,26,30)(H,27,28,29). The number of rotatable bonds is 6. The molecule has 162 valence electrons. The maximum Gasteiger partial charge on any atom is 0.257 e. The second-order valence-electron chi connectivity index (χ2n) is 6.93. The third-order valence-corrected chi connectivity index (χ3v) is 6.90. The topological polar surface area (TPSA) is 71.1 Å². The summed E-state index contributed by atoms with van der Waals surface area (Å²) in [7, 11) is 0. The van der Waals surface area contributed by atoms with Gasteiger partial charge < -0.3 is 10.6 Å². The molecular weight excluding hydrogens is 485 g/mol. The highest BCUT2D eigenvalue weighted by Crippen LogP contribution is 2.28. The number of nitrogens with one attached hydrogen (secondary N) is 2. The number of nitrogens with zero attached hydrogens (tertiary/aromatic N) is 1. The highest BCUT2D eigenvalue weighted by Gasteiger charge is 2.12. The summed E-state index contributed by atoms with van der Waals surface area (Å²) in [5.74, 6) is -0.263. The van der Waals surface area contributed by atoms with Crippen molar-refractivity contribution >= 4 is 79.2 Å². The number of hydrogen-bond donors (Lipinski definition) is 2. The van der Waals surface area contributed by atoms with E-state index in [9.17, 15) is 9.59 Å². The minimum absolute atomic E-state index is 0.145. The molecule has 5 nitrogen and oxygen atoms in total. The fourth-order valence-corrected chi connectivity index (χ4v) is 5.15. The summed E-state index contributed by atoms with van der Waals surface area (Å²) in [6, 6.07) is 18.0. The Morgan fingerprint density at radius 2 is 1.88 bits per heavy atom. The molecule has 0 saturated carbocycles. The molecule has 2 amide bonds. The number of hydrogen-bond acceptors (Lipinski definition) is 5. The van der Waals surface area contributed by atoms with E-state index in [2.05, 4.69) is 21.7 Å². The van der Waals surface area contributed by atoms with Gasteiger partial charge in [0, 0.05) is 15.6 Å². The lowest BCUT2D eigenvalue weighted by molar-refractivity contribution is -0.113. The normalized spacial score (nSPS) is 10.8. The van der Waals surface area contributed by atoms with Crippen LogP contribution in [0.5, 0.6) is 0 Å². The number of aryl methyl sites for hydroxylation is 1. The summed E-state index contributed by atoms with van der Waals surface area (Å²) >= 11 is 14.8. The number of anilines is 2. The van der Waals surface area contributed by atoms with Gasteiger partial charge in [-0.05, 0) is 61.0 Å². The van der Waals surface area contributed by atoms with Crippen molar-refractivity contribution in [2.45, 2.75) is 11.8 Å². The summed E-state index contributed by atoms with van der Waals surface area (Å²) in [5.41, 5.74) is 2.96. The first-order valence-electron chi connectivity index (χ1n) is 9.54. The van der Waals surface area contributed by atoms with Crippen LogP contribution < -0.4 is 10.6 Å². The lowest BCUT2D eigenvalue weighted by Gasteiger charge is -2.09. The number of fused-ring (bicyclic) bond motifs is 1. The molecule has 0 aliphatic rings. The van der Waals surface area contributed by atoms with Gasteiger partial charge in [0.2, 0.25) is 5.91 Å². The van der Waals surface area contributed by atoms with Crippen LogP contribution in [0.15, 0.2) is 65.6 Å². The molecule has 4 aromatic rings. The van der Waals surface area contributed by atoms with Crippen molar-refractivity contribution in [3.05, 3.63) is 81.8 Å². The third kappa shape index (κ3) is 5.61. The number of carbonyl (C=O) groups is 2. The Labute approximate surface area is 203 Å². The van der Waals surface area contributed by atoms with Crippen LogP contribution >= 0.6 is 46.3 Å². The van der Waals surface area contributed by atoms with Crippen LogP contribution in [-0.4, -0.2) is 22.6 Å². The van der Waals surface area contributed by atoms with Gasteiger partial charge in [0.15, 0.2) is 5.13 Å². The molecular formula is C23H17Cl2N3O2S2. The van der Waals surface area contributed by atoms with Crippen LogP contribution in [0.2, 0.25) is 10.0 Å². The molecule has 0 atom stereocenters. The van der Waals surface area contributed by atoms with Crippen molar-refractivity contribution in [1.82, 2.24) is 4.98 Å². The molecule has 1 aromatic heterocycles. The molecule has 3 aromatic carbocycles. The Morgan fingerprint density at radius 1 is 1.03 bits per heavy atom. The molecule has 2 N–H and O–H groups in total. The summed E-state index contributed by atoms with van der Waals surface area (Å²) in [6.07, 6.45) is 0. The van der Waals surface area contributed by atoms with E-state index in [1.165, 1.54) is 29.2 Å². The van der Waals surface area contributed by atoms with Gasteiger partial charge in [-0.15, -0.1) is 11.8 Å². The number of thiazole rings is 1. The van der Waals surface area contributed by atoms with Crippen molar-refractivity contribution in [1.29, 1.82) is 0 Å². The molecule has 0 spiro atoms. The predicted molar refractivity (Wildman–Crippen MR) is 135 cm³/mol. The molecule has 0 aliphatic carbocycles. The molecule has 1 heterocycles. The van der Waals surface area contributed by atoms with Gasteiger partial charge in [0.25, 0.3) is 5.91 Å². The van der Waals surface area contributed by atoms with E-state index in [0.29, 0.717) is 21.4 Å². The number of thioether (sulfide) groups is 1. The van der Waals surface area contributed by atoms with Crippen molar-refractivity contribution in [3.63, 3.8) is 0 Å². The average molecular weight is 502 g/mol. The second kappa shape index (κ2) is 9.92. The first-order valence-corrected chi connectivity index (χ1v) is 12.1. The molecule has 0 aliphatic heterocycles. The molecule has 9 heteroatoms. The highest BCUT2D eigenvalue weighted by atomic mass is 35.5. The Kier molecular flexibility index (Phi) is 7.01. The number of benzene rings is 3. The van der Waals surface area contributed by atoms with Crippen molar-refractivity contribution in [3.8, 4) is 0 Å². The van der Waals surface area contributed by atoms with Gasteiger partial charge in [-0.3, -0.25) is 9.59 Å². The monoisotopic (exact) mass is 501 g/mol. The van der Waals surface area contributed by atoms with Crippen molar-refractivity contribution in [2.75, 3.05) is 16.4 Å². The number of aromatic nitrogens is 1. The smallest absolute Gasteiger partial charge is 0.257 e. The third-order valence-electron chi connectivity index (χ3n) is 4.43. The number of carbonyl (C=O) groups excluding carboxylic acids is 2. The maximum absolute atomic E-state index is 12.5. The molecule has 0 bridgehead atoms. The molecule has 32 heavy (non-hydrogen) atoms. The van der Waals surface area contributed by atoms with Crippen LogP contribution in [-0.2, 0) is 4.79 Å². The summed E-state index contributed by atoms with van der Waals surface area (Å²) in [4.78, 5) is 30.2. The molecule has 0 unspecified atom stereocenters. The minimum Gasteiger partial charge on any atom is -0.322 e. The summed E-state index contributed by atoms with van der Waals surface area (Å²) < 4.78 is 1.04. The van der Waals surface area contributed by atoms with Crippen LogP contribution in [0.3, 0.4) is 0 Å². The van der Waals surface area contributed by atoms with E-state index in [1.807, 2.05) is 31.2 Å². The largest absolute Gasteiger partial charge is 0.322 e. The van der Waals surface area contributed by atoms with Gasteiger partial charge in [0.1, 0.15) is 0 Å². The zero-order valence-corrected chi connectivity index (χ0v) is 20.0. The van der Waals surface area contributed by atoms with Gasteiger partial charge in [0.05, 0.1) is 26.6 Å². The molecule has 0 radical (unpaired) electrons. The Morgan fingerprint density at radius 3 is 2.69 bits per heavy atom. The van der Waals surface area contributed by atoms with E-state index in [-0.39, 0.29) is 22.6 Å². The van der Waals surface area contributed by atoms with Crippen LogP contribution in [0.4, 0.5) is 10.8 Å². The second-order valence-corrected chi connectivity index (χ2v) is 9.86. The predicted octanol–water partition coefficient (Wildman–Crippen LogP) is 6.89. The van der Waals surface area contributed by atoms with E-state index in [1.54, 1.807) is 24.3 Å². The lowest BCUT2D eigenvalue weighted by atomic mass is 10.2. The van der Waals surface area contributed by atoms with E-state index < -0.39 is 0 Å². The SMILES string of the molecule is Cc1ccc2nc(NC(=O)CSc3cccc(NC(=O)c4ccc(Cl)cc4Cl)c3)sc2c1. The van der Waals surface area contributed by atoms with E-state index >= 15 is 0 Å². The van der Waals surface area contributed by atoms with Crippen molar-refractivity contribution in [2.24, 2.45) is 0 Å². The Hall–Kier alpha value is -2.58. The molecule has 4 rings (SSSR count). The fraction of sp³-hybridized carbons (Fsp3) is 0.0870. The van der Waals surface area contributed by atoms with Crippen LogP contribution in [0, 0.1) is 6.92 Å². The summed E-state index contributed by atoms with van der Waals surface area (Å²) in [5, 5.41) is 6.99. The minimum atomic E-state index is -0.336. The van der Waals surface area contributed by atoms with Gasteiger partial charge in [-0.2, -0.15) is 0 Å². The summed E-state index contributed by atoms with van der Waals surface area (Å²) in [6.45, 7) is 2.02. The zero-order valence-electron chi connectivity index (χ0n) is 16.8. The van der Waals surface area contributed by atoms with E-state index in [0.717, 1.165) is 20.7 Å². The Balaban J connectivity index is 1.35. The highest BCUT2D eigenvalue weighted by molar-refractivity contribution is 8.00. The van der Waals surface area contributed by atoms with Crippen molar-refractivity contribution < 1.29 is 9.59 Å². The van der Waals surface area contributed by atoms with Gasteiger partial charge in [-0.25, -0.2) is 4.98 Å². The maximum atomic E-state index is 12.5. The molecule has 0 fully saturated rings. The Bertz CT molecular complexity index is 1320. The number of halogens is 2. The first kappa shape index (κ1) is 22.6. The first-order chi connectivity index (χ1) is 15.4. The zero-order chi connectivity index (χ0) is 22.7. The van der Waals surface area contributed by atoms with Gasteiger partial charge >= 0.3 is 0 Å². The average Bonchev–Trinajstić information content (AvgIpc) is 3.13. The fourth-order valence-electron chi connectivity index (χ4n) is 2.93.